The number of nitrogens with zero attached hydrogens (tertiary/aromatic N) is 4. The molecule has 2 heterocycles. The van der Waals surface area contributed by atoms with Gasteiger partial charge in [-0.15, -0.1) is 0 Å². The lowest BCUT2D eigenvalue weighted by Gasteiger charge is -2.20. The van der Waals surface area contributed by atoms with Gasteiger partial charge in [0, 0.05) is 17.6 Å². The lowest BCUT2D eigenvalue weighted by atomic mass is 9.89. The second kappa shape index (κ2) is 6.53. The van der Waals surface area contributed by atoms with Gasteiger partial charge in [0.25, 0.3) is 0 Å². The van der Waals surface area contributed by atoms with Crippen molar-refractivity contribution in [2.75, 3.05) is 11.1 Å². The van der Waals surface area contributed by atoms with Gasteiger partial charge in [-0.1, -0.05) is 0 Å². The molecule has 4 N–H and O–H groups in total. The standard InChI is InChI=1S/C21H20N6O/c22-14-5-7-15(8-6-14)25-21-23-11-13-12-24-27(20(13)26-21)18-9-10-19(28)17-4-2-1-3-16(17)18/h5-12,28H,1-4,22H2,(H,23,25,26). The number of fused-ring (bicyclic) bond motifs is 2. The fraction of sp³-hybridized carbons (Fsp3) is 0.190. The maximum atomic E-state index is 10.2. The van der Waals surface area contributed by atoms with Gasteiger partial charge < -0.3 is 16.2 Å². The number of aromatic hydroxyl groups is 1. The molecule has 28 heavy (non-hydrogen) atoms. The van der Waals surface area contributed by atoms with Crippen LogP contribution in [0.25, 0.3) is 16.7 Å². The number of rotatable bonds is 3. The molecule has 0 atom stereocenters. The van der Waals surface area contributed by atoms with Crippen LogP contribution in [-0.4, -0.2) is 24.9 Å². The third-order valence-corrected chi connectivity index (χ3v) is 5.19. The lowest BCUT2D eigenvalue weighted by molar-refractivity contribution is 0.461. The Morgan fingerprint density at radius 2 is 1.75 bits per heavy atom. The third kappa shape index (κ3) is 2.81. The number of aromatic nitrogens is 4. The summed E-state index contributed by atoms with van der Waals surface area (Å²) < 4.78 is 1.84. The summed E-state index contributed by atoms with van der Waals surface area (Å²) in [6.07, 6.45) is 7.57. The molecule has 2 aromatic carbocycles. The van der Waals surface area contributed by atoms with Crippen LogP contribution in [0.2, 0.25) is 0 Å². The van der Waals surface area contributed by atoms with Gasteiger partial charge in [0.15, 0.2) is 5.65 Å². The second-order valence-electron chi connectivity index (χ2n) is 7.04. The molecule has 1 aliphatic rings. The summed E-state index contributed by atoms with van der Waals surface area (Å²) in [5, 5.41) is 18.9. The van der Waals surface area contributed by atoms with E-state index in [4.69, 9.17) is 5.73 Å². The third-order valence-electron chi connectivity index (χ3n) is 5.19. The van der Waals surface area contributed by atoms with Crippen molar-refractivity contribution < 1.29 is 5.11 Å². The van der Waals surface area contributed by atoms with Crippen molar-refractivity contribution in [3.8, 4) is 11.4 Å². The summed E-state index contributed by atoms with van der Waals surface area (Å²) in [5.41, 5.74) is 11.2. The summed E-state index contributed by atoms with van der Waals surface area (Å²) in [5.74, 6) is 0.863. The predicted octanol–water partition coefficient (Wildman–Crippen LogP) is 3.73. The molecule has 0 saturated heterocycles. The van der Waals surface area contributed by atoms with Crippen molar-refractivity contribution in [3.05, 3.63) is 59.9 Å². The van der Waals surface area contributed by atoms with Gasteiger partial charge >= 0.3 is 0 Å². The van der Waals surface area contributed by atoms with Crippen LogP contribution in [0, 0.1) is 0 Å². The zero-order valence-electron chi connectivity index (χ0n) is 15.3. The van der Waals surface area contributed by atoms with E-state index in [0.717, 1.165) is 59.2 Å². The molecule has 0 aliphatic heterocycles. The van der Waals surface area contributed by atoms with Crippen molar-refractivity contribution in [2.24, 2.45) is 0 Å². The molecule has 7 heteroatoms. The normalized spacial score (nSPS) is 13.4. The quantitative estimate of drug-likeness (QED) is 0.474. The molecule has 0 bridgehead atoms. The molecular formula is C21H20N6O. The number of phenolic OH excluding ortho intramolecular Hbond substituents is 1. The van der Waals surface area contributed by atoms with Crippen molar-refractivity contribution >= 4 is 28.4 Å². The van der Waals surface area contributed by atoms with Crippen LogP contribution >= 0.6 is 0 Å². The molecular weight excluding hydrogens is 352 g/mol. The Morgan fingerprint density at radius 3 is 2.57 bits per heavy atom. The van der Waals surface area contributed by atoms with Gasteiger partial charge in [0.1, 0.15) is 5.75 Å². The number of hydrogen-bond donors (Lipinski definition) is 3. The smallest absolute Gasteiger partial charge is 0.229 e. The van der Waals surface area contributed by atoms with Gasteiger partial charge in [-0.25, -0.2) is 9.67 Å². The fourth-order valence-electron chi connectivity index (χ4n) is 3.78. The van der Waals surface area contributed by atoms with E-state index >= 15 is 0 Å². The van der Waals surface area contributed by atoms with Crippen molar-refractivity contribution in [3.63, 3.8) is 0 Å². The number of benzene rings is 2. The molecule has 0 radical (unpaired) electrons. The van der Waals surface area contributed by atoms with Gasteiger partial charge in [-0.3, -0.25) is 0 Å². The number of nitrogen functional groups attached to an aromatic ring is 1. The SMILES string of the molecule is Nc1ccc(Nc2ncc3cnn(-c4ccc(O)c5c4CCCC5)c3n2)cc1. The van der Waals surface area contributed by atoms with Gasteiger partial charge in [-0.05, 0) is 73.2 Å². The average Bonchev–Trinajstić information content (AvgIpc) is 3.13. The zero-order valence-corrected chi connectivity index (χ0v) is 15.3. The van der Waals surface area contributed by atoms with E-state index in [2.05, 4.69) is 20.4 Å². The molecule has 4 aromatic rings. The number of nitrogens with two attached hydrogens (primary N) is 1. The van der Waals surface area contributed by atoms with Crippen molar-refractivity contribution in [1.82, 2.24) is 19.7 Å². The molecule has 5 rings (SSSR count). The van der Waals surface area contributed by atoms with E-state index in [-0.39, 0.29) is 0 Å². The zero-order chi connectivity index (χ0) is 19.1. The highest BCUT2D eigenvalue weighted by Gasteiger charge is 2.20. The van der Waals surface area contributed by atoms with E-state index in [9.17, 15) is 5.11 Å². The highest BCUT2D eigenvalue weighted by atomic mass is 16.3. The maximum Gasteiger partial charge on any atom is 0.229 e. The summed E-state index contributed by atoms with van der Waals surface area (Å²) in [7, 11) is 0. The van der Waals surface area contributed by atoms with Crippen LogP contribution in [0.4, 0.5) is 17.3 Å². The van der Waals surface area contributed by atoms with Crippen LogP contribution in [0.3, 0.4) is 0 Å². The molecule has 0 saturated carbocycles. The highest BCUT2D eigenvalue weighted by molar-refractivity contribution is 5.77. The largest absolute Gasteiger partial charge is 0.508 e. The minimum absolute atomic E-state index is 0.371. The molecule has 0 spiro atoms. The highest BCUT2D eigenvalue weighted by Crippen LogP contribution is 2.34. The van der Waals surface area contributed by atoms with Crippen LogP contribution in [-0.2, 0) is 12.8 Å². The Balaban J connectivity index is 1.59. The van der Waals surface area contributed by atoms with Crippen molar-refractivity contribution in [2.45, 2.75) is 25.7 Å². The molecule has 7 nitrogen and oxygen atoms in total. The van der Waals surface area contributed by atoms with Crippen LogP contribution in [0.5, 0.6) is 5.75 Å². The first-order chi connectivity index (χ1) is 13.7. The summed E-state index contributed by atoms with van der Waals surface area (Å²) in [6, 6.07) is 11.1. The van der Waals surface area contributed by atoms with E-state index in [0.29, 0.717) is 17.4 Å². The Hall–Kier alpha value is -3.61. The van der Waals surface area contributed by atoms with E-state index in [1.54, 1.807) is 18.5 Å². The maximum absolute atomic E-state index is 10.2. The Morgan fingerprint density at radius 1 is 0.964 bits per heavy atom. The minimum atomic E-state index is 0.371. The number of anilines is 3. The molecule has 0 amide bonds. The van der Waals surface area contributed by atoms with Crippen molar-refractivity contribution in [1.29, 1.82) is 0 Å². The van der Waals surface area contributed by atoms with Gasteiger partial charge in [-0.2, -0.15) is 10.1 Å². The first-order valence-corrected chi connectivity index (χ1v) is 9.36. The van der Waals surface area contributed by atoms with Crippen LogP contribution in [0.15, 0.2) is 48.8 Å². The lowest BCUT2D eigenvalue weighted by Crippen LogP contribution is -2.10. The molecule has 2 aromatic heterocycles. The Kier molecular flexibility index (Phi) is 3.86. The molecule has 140 valence electrons. The van der Waals surface area contributed by atoms with E-state index in [1.165, 1.54) is 0 Å². The number of phenols is 1. The minimum Gasteiger partial charge on any atom is -0.508 e. The molecule has 1 aliphatic carbocycles. The van der Waals surface area contributed by atoms with Crippen LogP contribution < -0.4 is 11.1 Å². The average molecular weight is 372 g/mol. The fourth-order valence-corrected chi connectivity index (χ4v) is 3.78. The second-order valence-corrected chi connectivity index (χ2v) is 7.04. The monoisotopic (exact) mass is 372 g/mol. The van der Waals surface area contributed by atoms with Gasteiger partial charge in [0.2, 0.25) is 5.95 Å². The Labute approximate surface area is 161 Å². The number of nitrogens with one attached hydrogen (secondary N) is 1. The summed E-state index contributed by atoms with van der Waals surface area (Å²) in [4.78, 5) is 9.07. The predicted molar refractivity (Wildman–Crippen MR) is 109 cm³/mol. The van der Waals surface area contributed by atoms with Gasteiger partial charge in [0.05, 0.1) is 17.3 Å². The number of hydrogen-bond acceptors (Lipinski definition) is 6. The summed E-state index contributed by atoms with van der Waals surface area (Å²) in [6.45, 7) is 0. The first-order valence-electron chi connectivity index (χ1n) is 9.36. The van der Waals surface area contributed by atoms with Crippen LogP contribution in [0.1, 0.15) is 24.0 Å². The van der Waals surface area contributed by atoms with E-state index in [1.807, 2.05) is 35.0 Å². The molecule has 0 fully saturated rings. The first kappa shape index (κ1) is 16.6. The van der Waals surface area contributed by atoms with E-state index < -0.39 is 0 Å². The Bertz CT molecular complexity index is 1170. The topological polar surface area (TPSA) is 102 Å². The summed E-state index contributed by atoms with van der Waals surface area (Å²) >= 11 is 0. The molecule has 0 unspecified atom stereocenters.